The van der Waals surface area contributed by atoms with Crippen LogP contribution < -0.4 is 21.2 Å². The molecule has 0 saturated heterocycles. The third kappa shape index (κ3) is 10.7. The van der Waals surface area contributed by atoms with Gasteiger partial charge in [-0.1, -0.05) is 107 Å². The molecule has 0 atom stereocenters. The zero-order chi connectivity index (χ0) is 31.9. The lowest BCUT2D eigenvalue weighted by atomic mass is 9.74. The molecule has 0 fully saturated rings. The van der Waals surface area contributed by atoms with E-state index in [9.17, 15) is 29.1 Å². The number of hydrogen-bond donors (Lipinski definition) is 4. The van der Waals surface area contributed by atoms with Gasteiger partial charge in [-0.05, 0) is 66.8 Å². The largest absolute Gasteiger partial charge is 0.396 e. The molecule has 0 aliphatic heterocycles. The van der Waals surface area contributed by atoms with Crippen molar-refractivity contribution in [3.05, 3.63) is 121 Å². The Balaban J connectivity index is 0.000000226. The average molecular weight is 625 g/mol. The minimum Gasteiger partial charge on any atom is -0.396 e. The van der Waals surface area contributed by atoms with E-state index in [2.05, 4.69) is 27.7 Å². The van der Waals surface area contributed by atoms with E-state index in [0.29, 0.717) is 33.1 Å². The molecule has 4 rings (SSSR count). The Labute approximate surface area is 257 Å². The molecule has 0 bridgehead atoms. The van der Waals surface area contributed by atoms with Crippen molar-refractivity contribution in [3.63, 3.8) is 0 Å². The predicted molar refractivity (Wildman–Crippen MR) is 179 cm³/mol. The minimum absolute atomic E-state index is 0.0912. The van der Waals surface area contributed by atoms with Crippen LogP contribution in [0.15, 0.2) is 121 Å². The van der Waals surface area contributed by atoms with Crippen LogP contribution in [0.2, 0.25) is 0 Å². The lowest BCUT2D eigenvalue weighted by molar-refractivity contribution is 0.00497. The van der Waals surface area contributed by atoms with Gasteiger partial charge in [0.1, 0.15) is 0 Å². The molecule has 4 aromatic carbocycles. The van der Waals surface area contributed by atoms with Gasteiger partial charge in [0, 0.05) is 26.6 Å². The molecule has 4 aromatic rings. The zero-order valence-corrected chi connectivity index (χ0v) is 27.3. The van der Waals surface area contributed by atoms with Gasteiger partial charge in [0.15, 0.2) is 0 Å². The highest BCUT2D eigenvalue weighted by Crippen LogP contribution is 2.38. The first-order valence-corrected chi connectivity index (χ1v) is 17.8. The molecule has 0 aliphatic carbocycles. The van der Waals surface area contributed by atoms with Crippen LogP contribution in [0.1, 0.15) is 40.5 Å². The fourth-order valence-electron chi connectivity index (χ4n) is 4.26. The predicted octanol–water partition coefficient (Wildman–Crippen LogP) is 5.87. The summed E-state index contributed by atoms with van der Waals surface area (Å²) < 4.78 is 24.3. The maximum atomic E-state index is 12.2. The molecular formula is C35H46O6P2. The van der Waals surface area contributed by atoms with Gasteiger partial charge in [-0.2, -0.15) is 0 Å². The topological polar surface area (TPSA) is 115 Å². The number of aliphatic hydroxyl groups excluding tert-OH is 2. The van der Waals surface area contributed by atoms with Gasteiger partial charge in [0.05, 0.1) is 13.2 Å². The maximum Gasteiger partial charge on any atom is 0.258 e. The van der Waals surface area contributed by atoms with Crippen molar-refractivity contribution in [3.8, 4) is 0 Å². The molecule has 8 heteroatoms. The lowest BCUT2D eigenvalue weighted by Gasteiger charge is -2.34. The summed E-state index contributed by atoms with van der Waals surface area (Å²) in [7, 11) is -6.79. The second kappa shape index (κ2) is 17.5. The summed E-state index contributed by atoms with van der Waals surface area (Å²) in [5.74, 6) is 0.970. The van der Waals surface area contributed by atoms with Crippen LogP contribution in [0.5, 0.6) is 0 Å². The summed E-state index contributed by atoms with van der Waals surface area (Å²) in [6.45, 7) is 8.64. The average Bonchev–Trinajstić information content (AvgIpc) is 3.04. The quantitative estimate of drug-likeness (QED) is 0.164. The van der Waals surface area contributed by atoms with Crippen LogP contribution in [0.3, 0.4) is 0 Å². The first kappa shape index (κ1) is 36.4. The van der Waals surface area contributed by atoms with Crippen LogP contribution in [-0.2, 0) is 9.13 Å². The SMILES string of the molecule is CC(C)CCC(CO)(CO)C(C)C.O=P(O)(c1ccccc1)c1ccccc1.O=P(O)(c1ccccc1)c1ccccc1. The Bertz CT molecular complexity index is 1230. The van der Waals surface area contributed by atoms with Gasteiger partial charge in [-0.25, -0.2) is 0 Å². The fraction of sp³-hybridized carbons (Fsp3) is 0.314. The summed E-state index contributed by atoms with van der Waals surface area (Å²) in [4.78, 5) is 20.0. The standard InChI is InChI=1S/2C12H11O2P.C11H24O2/c2*13-15(14,11-7-3-1-4-8-11)12-9-5-2-6-10-12;1-9(2)5-6-11(7-12,8-13)10(3)4/h2*1-10H,(H,13,14);9-10,12-13H,5-8H2,1-4H3. The highest BCUT2D eigenvalue weighted by atomic mass is 31.2. The normalized spacial score (nSPS) is 11.8. The molecule has 0 aromatic heterocycles. The van der Waals surface area contributed by atoms with Crippen molar-refractivity contribution in [1.82, 2.24) is 0 Å². The van der Waals surface area contributed by atoms with Crippen LogP contribution in [0.25, 0.3) is 0 Å². The Hall–Kier alpha value is -2.82. The summed E-state index contributed by atoms with van der Waals surface area (Å²) in [6.07, 6.45) is 1.98. The highest BCUT2D eigenvalue weighted by Gasteiger charge is 2.32. The van der Waals surface area contributed by atoms with Gasteiger partial charge in [-0.3, -0.25) is 9.13 Å². The molecule has 4 N–H and O–H groups in total. The summed E-state index contributed by atoms with van der Waals surface area (Å²) in [5, 5.41) is 20.5. The van der Waals surface area contributed by atoms with E-state index in [4.69, 9.17) is 0 Å². The number of rotatable bonds is 10. The van der Waals surface area contributed by atoms with Crippen molar-refractivity contribution < 1.29 is 29.1 Å². The van der Waals surface area contributed by atoms with Crippen molar-refractivity contribution in [2.24, 2.45) is 17.3 Å². The molecule has 0 spiro atoms. The second-order valence-corrected chi connectivity index (χ2v) is 15.6. The van der Waals surface area contributed by atoms with E-state index < -0.39 is 14.7 Å². The van der Waals surface area contributed by atoms with Gasteiger partial charge < -0.3 is 20.0 Å². The number of hydrogen-bond acceptors (Lipinski definition) is 4. The molecule has 232 valence electrons. The van der Waals surface area contributed by atoms with E-state index in [0.717, 1.165) is 12.8 Å². The number of aliphatic hydroxyl groups is 2. The van der Waals surface area contributed by atoms with Crippen LogP contribution in [0.4, 0.5) is 0 Å². The van der Waals surface area contributed by atoms with Crippen LogP contribution in [-0.4, -0.2) is 33.2 Å². The molecule has 0 saturated carbocycles. The molecule has 6 nitrogen and oxygen atoms in total. The monoisotopic (exact) mass is 624 g/mol. The van der Waals surface area contributed by atoms with Crippen molar-refractivity contribution in [2.45, 2.75) is 40.5 Å². The summed E-state index contributed by atoms with van der Waals surface area (Å²) in [5.41, 5.74) is -0.274. The van der Waals surface area contributed by atoms with Gasteiger partial charge in [0.25, 0.3) is 14.7 Å². The van der Waals surface area contributed by atoms with Gasteiger partial charge in [0.2, 0.25) is 0 Å². The minimum atomic E-state index is -3.40. The third-order valence-corrected chi connectivity index (χ3v) is 11.5. The maximum absolute atomic E-state index is 12.2. The van der Waals surface area contributed by atoms with Crippen molar-refractivity contribution in [2.75, 3.05) is 13.2 Å². The van der Waals surface area contributed by atoms with Crippen molar-refractivity contribution >= 4 is 36.0 Å². The summed E-state index contributed by atoms with van der Waals surface area (Å²) in [6, 6.07) is 34.8. The van der Waals surface area contributed by atoms with E-state index in [1.165, 1.54) is 0 Å². The highest BCUT2D eigenvalue weighted by molar-refractivity contribution is 7.73. The molecule has 0 heterocycles. The van der Waals surface area contributed by atoms with E-state index in [1.54, 1.807) is 97.1 Å². The van der Waals surface area contributed by atoms with Crippen LogP contribution in [0, 0.1) is 17.3 Å². The molecule has 0 aliphatic rings. The Morgan fingerprint density at radius 3 is 0.977 bits per heavy atom. The molecule has 0 radical (unpaired) electrons. The molecular weight excluding hydrogens is 578 g/mol. The zero-order valence-electron chi connectivity index (χ0n) is 25.5. The third-order valence-electron chi connectivity index (χ3n) is 7.50. The van der Waals surface area contributed by atoms with E-state index in [-0.39, 0.29) is 18.6 Å². The first-order valence-electron chi connectivity index (χ1n) is 14.5. The van der Waals surface area contributed by atoms with Crippen LogP contribution >= 0.6 is 14.7 Å². The summed E-state index contributed by atoms with van der Waals surface area (Å²) >= 11 is 0. The Kier molecular flexibility index (Phi) is 14.8. The Morgan fingerprint density at radius 2 is 0.791 bits per heavy atom. The number of benzene rings is 4. The smallest absolute Gasteiger partial charge is 0.258 e. The fourth-order valence-corrected chi connectivity index (χ4v) is 7.16. The van der Waals surface area contributed by atoms with Crippen molar-refractivity contribution in [1.29, 1.82) is 0 Å². The van der Waals surface area contributed by atoms with E-state index in [1.807, 2.05) is 24.3 Å². The van der Waals surface area contributed by atoms with Gasteiger partial charge in [-0.15, -0.1) is 0 Å². The first-order chi connectivity index (χ1) is 20.4. The van der Waals surface area contributed by atoms with Gasteiger partial charge >= 0.3 is 0 Å². The van der Waals surface area contributed by atoms with E-state index >= 15 is 0 Å². The lowest BCUT2D eigenvalue weighted by Crippen LogP contribution is -2.35. The second-order valence-electron chi connectivity index (χ2n) is 11.3. The molecule has 43 heavy (non-hydrogen) atoms. The molecule has 0 amide bonds. The Morgan fingerprint density at radius 1 is 0.535 bits per heavy atom. The molecule has 0 unspecified atom stereocenters.